The van der Waals surface area contributed by atoms with E-state index >= 15 is 0 Å². The van der Waals surface area contributed by atoms with Crippen molar-refractivity contribution in [1.82, 2.24) is 0 Å². The summed E-state index contributed by atoms with van der Waals surface area (Å²) in [4.78, 5) is 0.759. The standard InChI is InChI=1S/C12H10F3NO2S2/c1-8-6-7-11(19-8)20(17,18)16-10-5-3-2-4-9(10)12(13,14)15/h2-7,16H,1H3. The first kappa shape index (κ1) is 14.9. The Balaban J connectivity index is 2.40. The van der Waals surface area contributed by atoms with E-state index in [0.29, 0.717) is 0 Å². The zero-order valence-electron chi connectivity index (χ0n) is 10.2. The van der Waals surface area contributed by atoms with Gasteiger partial charge in [-0.3, -0.25) is 4.72 Å². The molecule has 0 aliphatic carbocycles. The van der Waals surface area contributed by atoms with Crippen molar-refractivity contribution in [2.45, 2.75) is 17.3 Å². The van der Waals surface area contributed by atoms with Crippen LogP contribution in [0.5, 0.6) is 0 Å². The molecule has 0 spiro atoms. The maximum atomic E-state index is 12.8. The normalized spacial score (nSPS) is 12.4. The molecular weight excluding hydrogens is 311 g/mol. The van der Waals surface area contributed by atoms with Crippen LogP contribution in [0.4, 0.5) is 18.9 Å². The number of alkyl halides is 3. The number of anilines is 1. The lowest BCUT2D eigenvalue weighted by atomic mass is 10.2. The van der Waals surface area contributed by atoms with Gasteiger partial charge in [-0.2, -0.15) is 13.2 Å². The van der Waals surface area contributed by atoms with E-state index in [9.17, 15) is 21.6 Å². The fourth-order valence-electron chi connectivity index (χ4n) is 1.57. The summed E-state index contributed by atoms with van der Waals surface area (Å²) in [7, 11) is -4.01. The van der Waals surface area contributed by atoms with Gasteiger partial charge in [0.1, 0.15) is 4.21 Å². The smallest absolute Gasteiger partial charge is 0.278 e. The Labute approximate surface area is 118 Å². The van der Waals surface area contributed by atoms with Crippen LogP contribution in [0.1, 0.15) is 10.4 Å². The van der Waals surface area contributed by atoms with Crippen molar-refractivity contribution < 1.29 is 21.6 Å². The Kier molecular flexibility index (Phi) is 3.79. The molecule has 0 radical (unpaired) electrons. The first-order valence-electron chi connectivity index (χ1n) is 5.45. The lowest BCUT2D eigenvalue weighted by Crippen LogP contribution is -2.16. The Morgan fingerprint density at radius 2 is 1.75 bits per heavy atom. The maximum absolute atomic E-state index is 12.8. The van der Waals surface area contributed by atoms with E-state index in [1.807, 2.05) is 4.72 Å². The molecule has 8 heteroatoms. The van der Waals surface area contributed by atoms with Crippen molar-refractivity contribution >= 4 is 27.0 Å². The van der Waals surface area contributed by atoms with Crippen LogP contribution in [0.2, 0.25) is 0 Å². The van der Waals surface area contributed by atoms with Gasteiger partial charge in [0.15, 0.2) is 0 Å². The molecule has 2 rings (SSSR count). The van der Waals surface area contributed by atoms with E-state index in [-0.39, 0.29) is 4.21 Å². The highest BCUT2D eigenvalue weighted by atomic mass is 32.2. The maximum Gasteiger partial charge on any atom is 0.418 e. The molecule has 1 heterocycles. The van der Waals surface area contributed by atoms with Gasteiger partial charge in [-0.05, 0) is 31.2 Å². The number of hydrogen-bond acceptors (Lipinski definition) is 3. The minimum atomic E-state index is -4.62. The first-order chi connectivity index (χ1) is 9.20. The largest absolute Gasteiger partial charge is 0.418 e. The third kappa shape index (κ3) is 3.13. The predicted octanol–water partition coefficient (Wildman–Crippen LogP) is 3.88. The molecule has 3 nitrogen and oxygen atoms in total. The molecule has 0 fully saturated rings. The van der Waals surface area contributed by atoms with Crippen molar-refractivity contribution in [1.29, 1.82) is 0 Å². The van der Waals surface area contributed by atoms with Crippen molar-refractivity contribution in [2.24, 2.45) is 0 Å². The Hall–Kier alpha value is -1.54. The second-order valence-corrected chi connectivity index (χ2v) is 7.21. The fraction of sp³-hybridized carbons (Fsp3) is 0.167. The number of thiophene rings is 1. The van der Waals surface area contributed by atoms with Gasteiger partial charge in [0, 0.05) is 4.88 Å². The van der Waals surface area contributed by atoms with Crippen LogP contribution in [-0.4, -0.2) is 8.42 Å². The number of halogens is 3. The fourth-order valence-corrected chi connectivity index (χ4v) is 3.93. The summed E-state index contributed by atoms with van der Waals surface area (Å²) >= 11 is 0.996. The first-order valence-corrected chi connectivity index (χ1v) is 7.75. The van der Waals surface area contributed by atoms with Crippen molar-refractivity contribution in [2.75, 3.05) is 4.72 Å². The number of aryl methyl sites for hydroxylation is 1. The van der Waals surface area contributed by atoms with E-state index in [1.54, 1.807) is 13.0 Å². The second kappa shape index (κ2) is 5.10. The van der Waals surface area contributed by atoms with E-state index in [0.717, 1.165) is 28.3 Å². The molecule has 1 aromatic carbocycles. The summed E-state index contributed by atoms with van der Waals surface area (Å²) in [6.07, 6.45) is -4.62. The molecule has 0 unspecified atom stereocenters. The summed E-state index contributed by atoms with van der Waals surface area (Å²) < 4.78 is 64.4. The van der Waals surface area contributed by atoms with Gasteiger partial charge in [-0.25, -0.2) is 8.42 Å². The predicted molar refractivity (Wildman–Crippen MR) is 71.3 cm³/mol. The molecule has 0 aliphatic heterocycles. The van der Waals surface area contributed by atoms with Gasteiger partial charge in [0.05, 0.1) is 11.3 Å². The summed E-state index contributed by atoms with van der Waals surface area (Å²) in [6.45, 7) is 1.72. The van der Waals surface area contributed by atoms with E-state index in [1.165, 1.54) is 18.2 Å². The van der Waals surface area contributed by atoms with Crippen LogP contribution in [0.15, 0.2) is 40.6 Å². The molecule has 1 aromatic heterocycles. The molecule has 2 aromatic rings. The molecule has 0 saturated heterocycles. The van der Waals surface area contributed by atoms with Crippen molar-refractivity contribution in [3.8, 4) is 0 Å². The zero-order chi connectivity index (χ0) is 15.0. The Bertz CT molecular complexity index is 720. The van der Waals surface area contributed by atoms with Gasteiger partial charge in [0.25, 0.3) is 10.0 Å². The van der Waals surface area contributed by atoms with Crippen LogP contribution in [0.3, 0.4) is 0 Å². The summed E-state index contributed by atoms with van der Waals surface area (Å²) in [5.41, 5.74) is -1.50. The molecule has 1 N–H and O–H groups in total. The average Bonchev–Trinajstić information content (AvgIpc) is 2.75. The lowest BCUT2D eigenvalue weighted by molar-refractivity contribution is -0.136. The van der Waals surface area contributed by atoms with Crippen molar-refractivity contribution in [3.05, 3.63) is 46.8 Å². The summed E-state index contributed by atoms with van der Waals surface area (Å²) in [5, 5.41) is 0. The van der Waals surface area contributed by atoms with Crippen LogP contribution in [-0.2, 0) is 16.2 Å². The lowest BCUT2D eigenvalue weighted by Gasteiger charge is -2.13. The van der Waals surface area contributed by atoms with Gasteiger partial charge >= 0.3 is 6.18 Å². The SMILES string of the molecule is Cc1ccc(S(=O)(=O)Nc2ccccc2C(F)(F)F)s1. The zero-order valence-corrected chi connectivity index (χ0v) is 11.9. The van der Waals surface area contributed by atoms with Gasteiger partial charge in [-0.1, -0.05) is 12.1 Å². The average molecular weight is 321 g/mol. The number of benzene rings is 1. The van der Waals surface area contributed by atoms with Gasteiger partial charge < -0.3 is 0 Å². The Morgan fingerprint density at radius 3 is 2.30 bits per heavy atom. The number of nitrogens with one attached hydrogen (secondary N) is 1. The monoisotopic (exact) mass is 321 g/mol. The van der Waals surface area contributed by atoms with Gasteiger partial charge in [0.2, 0.25) is 0 Å². The van der Waals surface area contributed by atoms with Crippen molar-refractivity contribution in [3.63, 3.8) is 0 Å². The molecular formula is C12H10F3NO2S2. The van der Waals surface area contributed by atoms with Crippen LogP contribution < -0.4 is 4.72 Å². The second-order valence-electron chi connectivity index (χ2n) is 4.01. The molecule has 0 atom stereocenters. The third-order valence-corrected chi connectivity index (χ3v) is 5.32. The van der Waals surface area contributed by atoms with E-state index in [2.05, 4.69) is 0 Å². The number of para-hydroxylation sites is 1. The molecule has 0 saturated carbocycles. The number of hydrogen-bond donors (Lipinski definition) is 1. The minimum Gasteiger partial charge on any atom is -0.278 e. The molecule has 20 heavy (non-hydrogen) atoms. The molecule has 0 aliphatic rings. The van der Waals surface area contributed by atoms with E-state index in [4.69, 9.17) is 0 Å². The highest BCUT2D eigenvalue weighted by Gasteiger charge is 2.34. The number of sulfonamides is 1. The summed E-state index contributed by atoms with van der Waals surface area (Å²) in [6, 6.07) is 7.41. The van der Waals surface area contributed by atoms with Crippen LogP contribution >= 0.6 is 11.3 Å². The quantitative estimate of drug-likeness (QED) is 0.932. The van der Waals surface area contributed by atoms with Crippen LogP contribution in [0.25, 0.3) is 0 Å². The Morgan fingerprint density at radius 1 is 1.10 bits per heavy atom. The van der Waals surface area contributed by atoms with Gasteiger partial charge in [-0.15, -0.1) is 11.3 Å². The van der Waals surface area contributed by atoms with Crippen LogP contribution in [0, 0.1) is 6.92 Å². The third-order valence-electron chi connectivity index (χ3n) is 2.46. The highest BCUT2D eigenvalue weighted by molar-refractivity contribution is 7.94. The molecule has 108 valence electrons. The number of rotatable bonds is 3. The topological polar surface area (TPSA) is 46.2 Å². The summed E-state index contributed by atoms with van der Waals surface area (Å²) in [5.74, 6) is 0. The molecule has 0 bridgehead atoms. The molecule has 0 amide bonds. The highest BCUT2D eigenvalue weighted by Crippen LogP contribution is 2.35. The van der Waals surface area contributed by atoms with E-state index < -0.39 is 27.5 Å². The minimum absolute atomic E-state index is 0.0213.